The summed E-state index contributed by atoms with van der Waals surface area (Å²) in [7, 11) is 0. The normalized spacial score (nSPS) is 29.1. The van der Waals surface area contributed by atoms with Crippen molar-refractivity contribution in [3.63, 3.8) is 0 Å². The quantitative estimate of drug-likeness (QED) is 0.802. The van der Waals surface area contributed by atoms with Gasteiger partial charge >= 0.3 is 0 Å². The first-order valence-corrected chi connectivity index (χ1v) is 9.13. The SMILES string of the molecule is O=C(NC12CCCC1NCC2)c1ccnc2nc(CC3CC3)[nH]c12. The number of hydrogen-bond donors (Lipinski definition) is 3. The minimum atomic E-state index is -0.0659. The molecule has 0 radical (unpaired) electrons. The number of fused-ring (bicyclic) bond motifs is 2. The molecule has 0 spiro atoms. The van der Waals surface area contributed by atoms with Crippen molar-refractivity contribution in [2.24, 2.45) is 5.92 Å². The fraction of sp³-hybridized carbons (Fsp3) is 0.611. The molecule has 3 aliphatic rings. The molecule has 2 atom stereocenters. The maximum absolute atomic E-state index is 13.0. The first-order chi connectivity index (χ1) is 11.7. The van der Waals surface area contributed by atoms with Gasteiger partial charge in [0, 0.05) is 18.7 Å². The molecule has 1 amide bonds. The van der Waals surface area contributed by atoms with Crippen LogP contribution < -0.4 is 10.6 Å². The van der Waals surface area contributed by atoms with E-state index in [4.69, 9.17) is 0 Å². The molecule has 3 fully saturated rings. The van der Waals surface area contributed by atoms with Gasteiger partial charge in [0.15, 0.2) is 5.65 Å². The lowest BCUT2D eigenvalue weighted by molar-refractivity contribution is 0.0899. The third kappa shape index (κ3) is 2.32. The van der Waals surface area contributed by atoms with Crippen molar-refractivity contribution in [1.82, 2.24) is 25.6 Å². The predicted molar refractivity (Wildman–Crippen MR) is 90.8 cm³/mol. The molecule has 2 unspecified atom stereocenters. The molecule has 2 aliphatic carbocycles. The number of H-pyrrole nitrogens is 1. The van der Waals surface area contributed by atoms with Gasteiger partial charge in [-0.1, -0.05) is 0 Å². The number of aromatic nitrogens is 3. The molecule has 0 aromatic carbocycles. The lowest BCUT2D eigenvalue weighted by Crippen LogP contribution is -2.52. The summed E-state index contributed by atoms with van der Waals surface area (Å²) in [5, 5.41) is 6.89. The third-order valence-electron chi connectivity index (χ3n) is 5.97. The van der Waals surface area contributed by atoms with Crippen molar-refractivity contribution in [2.45, 2.75) is 56.5 Å². The summed E-state index contributed by atoms with van der Waals surface area (Å²) in [5.41, 5.74) is 2.04. The van der Waals surface area contributed by atoms with Gasteiger partial charge in [-0.05, 0) is 57.1 Å². The van der Waals surface area contributed by atoms with Crippen LogP contribution in [-0.2, 0) is 6.42 Å². The zero-order valence-electron chi connectivity index (χ0n) is 13.8. The Balaban J connectivity index is 1.44. The fourth-order valence-electron chi connectivity index (χ4n) is 4.48. The molecule has 1 aliphatic heterocycles. The molecule has 126 valence electrons. The van der Waals surface area contributed by atoms with Crippen molar-refractivity contribution < 1.29 is 4.79 Å². The monoisotopic (exact) mass is 325 g/mol. The molecular formula is C18H23N5O. The number of imidazole rings is 1. The van der Waals surface area contributed by atoms with Crippen molar-refractivity contribution >= 4 is 17.1 Å². The number of aromatic amines is 1. The van der Waals surface area contributed by atoms with E-state index in [2.05, 4.69) is 25.6 Å². The standard InChI is InChI=1S/C18H23N5O/c24-17(23-18-6-1-2-13(18)19-9-7-18)12-5-8-20-16-15(12)21-14(22-16)10-11-3-4-11/h5,8,11,13,19H,1-4,6-7,9-10H2,(H,23,24)(H,20,21,22). The first-order valence-electron chi connectivity index (χ1n) is 9.13. The zero-order valence-corrected chi connectivity index (χ0v) is 13.8. The van der Waals surface area contributed by atoms with Crippen molar-refractivity contribution in [3.8, 4) is 0 Å². The molecule has 6 heteroatoms. The topological polar surface area (TPSA) is 82.7 Å². The van der Waals surface area contributed by atoms with E-state index in [9.17, 15) is 4.79 Å². The molecular weight excluding hydrogens is 302 g/mol. The first kappa shape index (κ1) is 14.4. The van der Waals surface area contributed by atoms with Gasteiger partial charge in [-0.25, -0.2) is 9.97 Å². The van der Waals surface area contributed by atoms with Gasteiger partial charge in [-0.2, -0.15) is 0 Å². The molecule has 1 saturated heterocycles. The maximum atomic E-state index is 13.0. The summed E-state index contributed by atoms with van der Waals surface area (Å²) in [6.07, 6.45) is 9.65. The molecule has 0 bridgehead atoms. The van der Waals surface area contributed by atoms with Gasteiger partial charge in [-0.15, -0.1) is 0 Å². The second-order valence-corrected chi connectivity index (χ2v) is 7.65. The number of pyridine rings is 1. The van der Waals surface area contributed by atoms with E-state index < -0.39 is 0 Å². The number of carbonyl (C=O) groups excluding carboxylic acids is 1. The maximum Gasteiger partial charge on any atom is 0.254 e. The van der Waals surface area contributed by atoms with Crippen molar-refractivity contribution in [3.05, 3.63) is 23.7 Å². The van der Waals surface area contributed by atoms with E-state index in [-0.39, 0.29) is 11.4 Å². The van der Waals surface area contributed by atoms with Crippen LogP contribution in [0.15, 0.2) is 12.3 Å². The molecule has 2 aromatic rings. The largest absolute Gasteiger partial charge is 0.345 e. The zero-order chi connectivity index (χ0) is 16.1. The second-order valence-electron chi connectivity index (χ2n) is 7.65. The van der Waals surface area contributed by atoms with Crippen LogP contribution in [-0.4, -0.2) is 39.0 Å². The van der Waals surface area contributed by atoms with Gasteiger partial charge < -0.3 is 15.6 Å². The fourth-order valence-corrected chi connectivity index (χ4v) is 4.48. The third-order valence-corrected chi connectivity index (χ3v) is 5.97. The average molecular weight is 325 g/mol. The summed E-state index contributed by atoms with van der Waals surface area (Å²) < 4.78 is 0. The predicted octanol–water partition coefficient (Wildman–Crippen LogP) is 1.92. The highest BCUT2D eigenvalue weighted by molar-refractivity contribution is 6.04. The Labute approximate surface area is 140 Å². The number of carbonyl (C=O) groups is 1. The lowest BCUT2D eigenvalue weighted by atomic mass is 9.92. The number of amides is 1. The smallest absolute Gasteiger partial charge is 0.254 e. The number of rotatable bonds is 4. The van der Waals surface area contributed by atoms with Crippen LogP contribution in [0.5, 0.6) is 0 Å². The van der Waals surface area contributed by atoms with Crippen LogP contribution in [0.25, 0.3) is 11.2 Å². The van der Waals surface area contributed by atoms with E-state index in [1.54, 1.807) is 12.3 Å². The average Bonchev–Trinajstić information content (AvgIpc) is 2.97. The van der Waals surface area contributed by atoms with Crippen LogP contribution in [0.4, 0.5) is 0 Å². The lowest BCUT2D eigenvalue weighted by Gasteiger charge is -2.30. The van der Waals surface area contributed by atoms with E-state index >= 15 is 0 Å². The van der Waals surface area contributed by atoms with E-state index in [1.165, 1.54) is 19.3 Å². The second kappa shape index (κ2) is 5.28. The number of hydrogen-bond acceptors (Lipinski definition) is 4. The van der Waals surface area contributed by atoms with Gasteiger partial charge in [-0.3, -0.25) is 4.79 Å². The molecule has 3 heterocycles. The Morgan fingerprint density at radius 2 is 2.25 bits per heavy atom. The van der Waals surface area contributed by atoms with Crippen molar-refractivity contribution in [2.75, 3.05) is 6.54 Å². The van der Waals surface area contributed by atoms with Gasteiger partial charge in [0.25, 0.3) is 5.91 Å². The molecule has 24 heavy (non-hydrogen) atoms. The highest BCUT2D eigenvalue weighted by atomic mass is 16.1. The summed E-state index contributed by atoms with van der Waals surface area (Å²) in [6, 6.07) is 2.23. The van der Waals surface area contributed by atoms with Gasteiger partial charge in [0.1, 0.15) is 5.82 Å². The van der Waals surface area contributed by atoms with Gasteiger partial charge in [0.05, 0.1) is 16.6 Å². The summed E-state index contributed by atoms with van der Waals surface area (Å²) in [4.78, 5) is 25.2. The Hall–Kier alpha value is -1.95. The van der Waals surface area contributed by atoms with E-state index in [1.807, 2.05) is 0 Å². The molecule has 2 saturated carbocycles. The summed E-state index contributed by atoms with van der Waals surface area (Å²) >= 11 is 0. The van der Waals surface area contributed by atoms with Crippen LogP contribution >= 0.6 is 0 Å². The molecule has 3 N–H and O–H groups in total. The Morgan fingerprint density at radius 3 is 3.12 bits per heavy atom. The highest BCUT2D eigenvalue weighted by Gasteiger charge is 2.47. The Morgan fingerprint density at radius 1 is 1.33 bits per heavy atom. The van der Waals surface area contributed by atoms with Crippen LogP contribution in [0.1, 0.15) is 54.7 Å². The minimum Gasteiger partial charge on any atom is -0.345 e. The number of nitrogens with one attached hydrogen (secondary N) is 3. The van der Waals surface area contributed by atoms with Crippen molar-refractivity contribution in [1.29, 1.82) is 0 Å². The van der Waals surface area contributed by atoms with Gasteiger partial charge in [0.2, 0.25) is 0 Å². The Bertz CT molecular complexity index is 784. The van der Waals surface area contributed by atoms with E-state index in [0.29, 0.717) is 17.3 Å². The highest BCUT2D eigenvalue weighted by Crippen LogP contribution is 2.37. The summed E-state index contributed by atoms with van der Waals surface area (Å²) in [5.74, 6) is 1.71. The Kier molecular flexibility index (Phi) is 3.16. The molecule has 5 rings (SSSR count). The summed E-state index contributed by atoms with van der Waals surface area (Å²) in [6.45, 7) is 0.992. The van der Waals surface area contributed by atoms with Crippen LogP contribution in [0.3, 0.4) is 0 Å². The van der Waals surface area contributed by atoms with E-state index in [0.717, 1.165) is 49.5 Å². The van der Waals surface area contributed by atoms with Crippen LogP contribution in [0, 0.1) is 5.92 Å². The number of nitrogens with zero attached hydrogens (tertiary/aromatic N) is 2. The van der Waals surface area contributed by atoms with Crippen LogP contribution in [0.2, 0.25) is 0 Å². The molecule has 6 nitrogen and oxygen atoms in total. The molecule has 2 aromatic heterocycles. The minimum absolute atomic E-state index is 0.000350.